The maximum absolute atomic E-state index is 10.4. The van der Waals surface area contributed by atoms with E-state index in [2.05, 4.69) is 53.7 Å². The Hall–Kier alpha value is -0.300. The Balaban J connectivity index is 4.39. The molecule has 0 aromatic rings. The van der Waals surface area contributed by atoms with Gasteiger partial charge in [0.2, 0.25) is 0 Å². The van der Waals surface area contributed by atoms with Crippen LogP contribution in [0, 0.1) is 17.8 Å². The Labute approximate surface area is 89.2 Å². The van der Waals surface area contributed by atoms with Crippen molar-refractivity contribution in [2.24, 2.45) is 17.8 Å². The van der Waals surface area contributed by atoms with Crippen molar-refractivity contribution in [2.45, 2.75) is 53.6 Å². The summed E-state index contributed by atoms with van der Waals surface area (Å²) >= 11 is 0. The monoisotopic (exact) mass is 198 g/mol. The Morgan fingerprint density at radius 3 is 1.71 bits per heavy atom. The third kappa shape index (κ3) is 3.83. The predicted molar refractivity (Wildman–Crippen MR) is 63.2 cm³/mol. The topological polar surface area (TPSA) is 20.2 Å². The average molecular weight is 198 g/mol. The highest BCUT2D eigenvalue weighted by Gasteiger charge is 2.32. The maximum Gasteiger partial charge on any atom is 0.0727 e. The van der Waals surface area contributed by atoms with Gasteiger partial charge in [-0.15, -0.1) is 0 Å². The molecule has 1 heteroatoms. The van der Waals surface area contributed by atoms with E-state index in [4.69, 9.17) is 0 Å². The molecule has 0 rings (SSSR count). The van der Waals surface area contributed by atoms with Gasteiger partial charge in [-0.25, -0.2) is 0 Å². The lowest BCUT2D eigenvalue weighted by Gasteiger charge is -2.35. The zero-order valence-corrected chi connectivity index (χ0v) is 10.5. The van der Waals surface area contributed by atoms with Crippen LogP contribution in [-0.2, 0) is 0 Å². The lowest BCUT2D eigenvalue weighted by atomic mass is 9.78. The van der Waals surface area contributed by atoms with Crippen molar-refractivity contribution in [2.75, 3.05) is 0 Å². The molecular weight excluding hydrogens is 172 g/mol. The molecule has 1 nitrogen and oxygen atoms in total. The molecule has 0 saturated carbocycles. The smallest absolute Gasteiger partial charge is 0.0727 e. The molecule has 0 amide bonds. The van der Waals surface area contributed by atoms with Gasteiger partial charge in [0.15, 0.2) is 0 Å². The fraction of sp³-hybridized carbons (Fsp3) is 0.846. The molecule has 0 saturated heterocycles. The van der Waals surface area contributed by atoms with Crippen LogP contribution in [0.5, 0.6) is 0 Å². The van der Waals surface area contributed by atoms with Crippen molar-refractivity contribution in [1.82, 2.24) is 0 Å². The summed E-state index contributed by atoms with van der Waals surface area (Å²) in [6, 6.07) is 0. The molecule has 0 aliphatic carbocycles. The van der Waals surface area contributed by atoms with E-state index in [-0.39, 0.29) is 0 Å². The summed E-state index contributed by atoms with van der Waals surface area (Å²) in [7, 11) is 0. The van der Waals surface area contributed by atoms with Crippen molar-refractivity contribution < 1.29 is 5.11 Å². The summed E-state index contributed by atoms with van der Waals surface area (Å²) in [6.07, 6.45) is 5.04. The maximum atomic E-state index is 10.4. The van der Waals surface area contributed by atoms with Gasteiger partial charge in [-0.2, -0.15) is 0 Å². The molecule has 0 spiro atoms. The van der Waals surface area contributed by atoms with Crippen molar-refractivity contribution in [1.29, 1.82) is 0 Å². The van der Waals surface area contributed by atoms with Crippen molar-refractivity contribution >= 4 is 0 Å². The molecule has 0 aromatic heterocycles. The van der Waals surface area contributed by atoms with Gasteiger partial charge in [-0.05, 0) is 24.2 Å². The third-order valence-corrected chi connectivity index (χ3v) is 2.97. The van der Waals surface area contributed by atoms with Crippen LogP contribution in [0.25, 0.3) is 0 Å². The van der Waals surface area contributed by atoms with E-state index in [1.54, 1.807) is 0 Å². The highest BCUT2D eigenvalue weighted by Crippen LogP contribution is 2.30. The van der Waals surface area contributed by atoms with Crippen LogP contribution in [0.2, 0.25) is 0 Å². The summed E-state index contributed by atoms with van der Waals surface area (Å²) in [5, 5.41) is 10.4. The largest absolute Gasteiger partial charge is 0.389 e. The Morgan fingerprint density at radius 1 is 1.00 bits per heavy atom. The summed E-state index contributed by atoms with van der Waals surface area (Å²) in [5.74, 6) is 1.18. The fourth-order valence-corrected chi connectivity index (χ4v) is 1.67. The molecule has 1 N–H and O–H groups in total. The van der Waals surface area contributed by atoms with Gasteiger partial charge in [-0.1, -0.05) is 53.7 Å². The van der Waals surface area contributed by atoms with Crippen LogP contribution in [0.3, 0.4) is 0 Å². The molecular formula is C13H26O. The summed E-state index contributed by atoms with van der Waals surface area (Å²) in [5.41, 5.74) is -0.550. The average Bonchev–Trinajstić information content (AvgIpc) is 2.02. The van der Waals surface area contributed by atoms with E-state index in [0.29, 0.717) is 17.8 Å². The van der Waals surface area contributed by atoms with Gasteiger partial charge >= 0.3 is 0 Å². The zero-order valence-electron chi connectivity index (χ0n) is 10.5. The minimum absolute atomic E-state index is 0.305. The molecule has 0 unspecified atom stereocenters. The Bertz CT molecular complexity index is 170. The van der Waals surface area contributed by atoms with Gasteiger partial charge in [0, 0.05) is 0 Å². The quantitative estimate of drug-likeness (QED) is 0.669. The van der Waals surface area contributed by atoms with E-state index in [0.717, 1.165) is 6.42 Å². The number of rotatable bonds is 5. The first-order valence-electron chi connectivity index (χ1n) is 5.69. The number of hydrogen-bond acceptors (Lipinski definition) is 1. The first-order chi connectivity index (χ1) is 6.30. The first kappa shape index (κ1) is 13.7. The highest BCUT2D eigenvalue weighted by molar-refractivity contribution is 4.95. The molecule has 0 fully saturated rings. The Kier molecular flexibility index (Phi) is 5.43. The minimum atomic E-state index is -0.550. The summed E-state index contributed by atoms with van der Waals surface area (Å²) < 4.78 is 0. The number of allylic oxidation sites excluding steroid dienone is 1. The van der Waals surface area contributed by atoms with E-state index in [1.807, 2.05) is 0 Å². The first-order valence-corrected chi connectivity index (χ1v) is 5.69. The van der Waals surface area contributed by atoms with E-state index < -0.39 is 5.60 Å². The minimum Gasteiger partial charge on any atom is -0.389 e. The molecule has 0 aromatic carbocycles. The molecule has 0 heterocycles. The predicted octanol–water partition coefficient (Wildman–Crippen LogP) is 3.63. The Morgan fingerprint density at radius 2 is 1.43 bits per heavy atom. The van der Waals surface area contributed by atoms with E-state index in [9.17, 15) is 5.11 Å². The van der Waals surface area contributed by atoms with Crippen LogP contribution in [0.15, 0.2) is 12.2 Å². The van der Waals surface area contributed by atoms with Gasteiger partial charge in [0.05, 0.1) is 5.60 Å². The standard InChI is InChI=1S/C13H26O/c1-10(2)8-7-9-13(14,11(3)4)12(5)6/h7-8,10-12,14H,9H2,1-6H3/b8-7-. The van der Waals surface area contributed by atoms with Crippen molar-refractivity contribution in [3.63, 3.8) is 0 Å². The van der Waals surface area contributed by atoms with E-state index >= 15 is 0 Å². The van der Waals surface area contributed by atoms with Crippen LogP contribution in [-0.4, -0.2) is 10.7 Å². The molecule has 0 radical (unpaired) electrons. The number of aliphatic hydroxyl groups is 1. The normalized spacial score (nSPS) is 13.9. The number of hydrogen-bond donors (Lipinski definition) is 1. The lowest BCUT2D eigenvalue weighted by Crippen LogP contribution is -2.40. The van der Waals surface area contributed by atoms with Crippen LogP contribution < -0.4 is 0 Å². The van der Waals surface area contributed by atoms with Gasteiger partial charge in [0.1, 0.15) is 0 Å². The van der Waals surface area contributed by atoms with Crippen molar-refractivity contribution in [3.8, 4) is 0 Å². The fourth-order valence-electron chi connectivity index (χ4n) is 1.67. The van der Waals surface area contributed by atoms with Gasteiger partial charge < -0.3 is 5.11 Å². The molecule has 0 aliphatic heterocycles. The summed E-state index contributed by atoms with van der Waals surface area (Å²) in [4.78, 5) is 0. The SMILES string of the molecule is CC(C)/C=C\CC(O)(C(C)C)C(C)C. The zero-order chi connectivity index (χ0) is 11.4. The third-order valence-electron chi connectivity index (χ3n) is 2.97. The summed E-state index contributed by atoms with van der Waals surface area (Å²) in [6.45, 7) is 12.7. The lowest BCUT2D eigenvalue weighted by molar-refractivity contribution is -0.0439. The second kappa shape index (κ2) is 5.55. The van der Waals surface area contributed by atoms with Crippen molar-refractivity contribution in [3.05, 3.63) is 12.2 Å². The van der Waals surface area contributed by atoms with E-state index in [1.165, 1.54) is 0 Å². The van der Waals surface area contributed by atoms with Crippen LogP contribution >= 0.6 is 0 Å². The molecule has 0 atom stereocenters. The van der Waals surface area contributed by atoms with Gasteiger partial charge in [-0.3, -0.25) is 0 Å². The second-order valence-corrected chi connectivity index (χ2v) is 5.18. The second-order valence-electron chi connectivity index (χ2n) is 5.18. The van der Waals surface area contributed by atoms with Gasteiger partial charge in [0.25, 0.3) is 0 Å². The molecule has 0 bridgehead atoms. The van der Waals surface area contributed by atoms with Crippen LogP contribution in [0.1, 0.15) is 48.0 Å². The highest BCUT2D eigenvalue weighted by atomic mass is 16.3. The molecule has 14 heavy (non-hydrogen) atoms. The molecule has 0 aliphatic rings. The molecule has 84 valence electrons. The van der Waals surface area contributed by atoms with Crippen LogP contribution in [0.4, 0.5) is 0 Å².